The maximum absolute atomic E-state index is 12.1. The van der Waals surface area contributed by atoms with Crippen molar-refractivity contribution >= 4 is 17.7 Å². The second-order valence-corrected chi connectivity index (χ2v) is 4.87. The lowest BCUT2D eigenvalue weighted by molar-refractivity contribution is 0.0839. The van der Waals surface area contributed by atoms with E-state index in [0.717, 1.165) is 10.5 Å². The molecular formula is C13H19NO3S. The zero-order valence-electron chi connectivity index (χ0n) is 10.9. The molecule has 100 valence electrons. The van der Waals surface area contributed by atoms with Crippen LogP contribution in [0, 0.1) is 6.92 Å². The van der Waals surface area contributed by atoms with Gasteiger partial charge < -0.3 is 15.2 Å². The summed E-state index contributed by atoms with van der Waals surface area (Å²) < 4.78 is 4.93. The molecular weight excluding hydrogens is 250 g/mol. The largest absolute Gasteiger partial charge is 0.394 e. The maximum Gasteiger partial charge on any atom is 0.251 e. The van der Waals surface area contributed by atoms with Crippen molar-refractivity contribution in [3.63, 3.8) is 0 Å². The maximum atomic E-state index is 12.1. The average Bonchev–Trinajstić information content (AvgIpc) is 2.38. The summed E-state index contributed by atoms with van der Waals surface area (Å²) in [6.45, 7) is 2.05. The lowest BCUT2D eigenvalue weighted by Gasteiger charge is -2.16. The number of methoxy groups -OCH3 is 1. The van der Waals surface area contributed by atoms with E-state index in [1.807, 2.05) is 31.4 Å². The zero-order valence-corrected chi connectivity index (χ0v) is 11.7. The molecule has 4 nitrogen and oxygen atoms in total. The fourth-order valence-corrected chi connectivity index (χ4v) is 2.02. The molecule has 2 N–H and O–H groups in total. The van der Waals surface area contributed by atoms with Gasteiger partial charge in [0.15, 0.2) is 0 Å². The first-order chi connectivity index (χ1) is 8.62. The van der Waals surface area contributed by atoms with Gasteiger partial charge in [-0.15, -0.1) is 11.8 Å². The lowest BCUT2D eigenvalue weighted by atomic mass is 10.1. The van der Waals surface area contributed by atoms with Gasteiger partial charge in [0.05, 0.1) is 19.3 Å². The highest BCUT2D eigenvalue weighted by atomic mass is 32.2. The summed E-state index contributed by atoms with van der Waals surface area (Å²) in [5.41, 5.74) is 1.55. The van der Waals surface area contributed by atoms with E-state index >= 15 is 0 Å². The van der Waals surface area contributed by atoms with Crippen LogP contribution in [0.15, 0.2) is 23.1 Å². The molecule has 0 fully saturated rings. The molecule has 18 heavy (non-hydrogen) atoms. The third-order valence-electron chi connectivity index (χ3n) is 2.61. The fourth-order valence-electron chi connectivity index (χ4n) is 1.58. The minimum atomic E-state index is -0.375. The quantitative estimate of drug-likeness (QED) is 0.768. The van der Waals surface area contributed by atoms with Crippen LogP contribution in [0.1, 0.15) is 15.9 Å². The van der Waals surface area contributed by atoms with E-state index in [1.165, 1.54) is 7.11 Å². The number of hydrogen-bond donors (Lipinski definition) is 2. The predicted molar refractivity (Wildman–Crippen MR) is 73.2 cm³/mol. The summed E-state index contributed by atoms with van der Waals surface area (Å²) in [5.74, 6) is -0.181. The minimum Gasteiger partial charge on any atom is -0.394 e. The number of amides is 1. The van der Waals surface area contributed by atoms with Crippen molar-refractivity contribution < 1.29 is 14.6 Å². The van der Waals surface area contributed by atoms with E-state index < -0.39 is 0 Å². The zero-order chi connectivity index (χ0) is 13.5. The summed E-state index contributed by atoms with van der Waals surface area (Å²) in [5, 5.41) is 11.9. The standard InChI is InChI=1S/C13H19NO3S/c1-9-4-5-11(18-3)6-12(9)13(16)14-10(7-15)8-17-2/h4-6,10,15H,7-8H2,1-3H3,(H,14,16). The smallest absolute Gasteiger partial charge is 0.251 e. The van der Waals surface area contributed by atoms with Gasteiger partial charge in [-0.25, -0.2) is 0 Å². The molecule has 0 aliphatic heterocycles. The normalized spacial score (nSPS) is 12.2. The van der Waals surface area contributed by atoms with Crippen LogP contribution in [-0.4, -0.2) is 43.6 Å². The van der Waals surface area contributed by atoms with Crippen molar-refractivity contribution in [2.75, 3.05) is 26.6 Å². The summed E-state index contributed by atoms with van der Waals surface area (Å²) in [6.07, 6.45) is 1.97. The van der Waals surface area contributed by atoms with E-state index in [9.17, 15) is 4.79 Å². The van der Waals surface area contributed by atoms with Crippen LogP contribution in [0.25, 0.3) is 0 Å². The molecule has 0 bridgehead atoms. The summed E-state index contributed by atoms with van der Waals surface area (Å²) in [7, 11) is 1.54. The molecule has 1 amide bonds. The molecule has 0 saturated carbocycles. The van der Waals surface area contributed by atoms with Crippen molar-refractivity contribution in [3.05, 3.63) is 29.3 Å². The van der Waals surface area contributed by atoms with Gasteiger partial charge >= 0.3 is 0 Å². The Morgan fingerprint density at radius 1 is 1.56 bits per heavy atom. The van der Waals surface area contributed by atoms with Crippen molar-refractivity contribution in [1.82, 2.24) is 5.32 Å². The Labute approximate surface area is 112 Å². The molecule has 0 aliphatic carbocycles. The first-order valence-electron chi connectivity index (χ1n) is 5.67. The monoisotopic (exact) mass is 269 g/mol. The number of aliphatic hydroxyl groups is 1. The molecule has 5 heteroatoms. The van der Waals surface area contributed by atoms with Crippen molar-refractivity contribution in [2.45, 2.75) is 17.9 Å². The molecule has 0 radical (unpaired) electrons. The molecule has 0 heterocycles. The van der Waals surface area contributed by atoms with Crippen LogP contribution in [0.3, 0.4) is 0 Å². The number of ether oxygens (including phenoxy) is 1. The number of carbonyl (C=O) groups excluding carboxylic acids is 1. The van der Waals surface area contributed by atoms with Crippen LogP contribution < -0.4 is 5.32 Å². The SMILES string of the molecule is COCC(CO)NC(=O)c1cc(SC)ccc1C. The van der Waals surface area contributed by atoms with Gasteiger partial charge in [-0.1, -0.05) is 6.07 Å². The number of thioether (sulfide) groups is 1. The van der Waals surface area contributed by atoms with E-state index in [-0.39, 0.29) is 18.6 Å². The molecule has 1 atom stereocenters. The number of nitrogens with one attached hydrogen (secondary N) is 1. The van der Waals surface area contributed by atoms with E-state index in [4.69, 9.17) is 9.84 Å². The van der Waals surface area contributed by atoms with Gasteiger partial charge in [0, 0.05) is 17.6 Å². The van der Waals surface area contributed by atoms with Crippen LogP contribution in [0.4, 0.5) is 0 Å². The lowest BCUT2D eigenvalue weighted by Crippen LogP contribution is -2.40. The number of aryl methyl sites for hydroxylation is 1. The molecule has 0 spiro atoms. The first-order valence-corrected chi connectivity index (χ1v) is 6.90. The summed E-state index contributed by atoms with van der Waals surface area (Å²) in [6, 6.07) is 5.39. The fraction of sp³-hybridized carbons (Fsp3) is 0.462. The third-order valence-corrected chi connectivity index (χ3v) is 3.34. The van der Waals surface area contributed by atoms with Gasteiger partial charge in [0.25, 0.3) is 5.91 Å². The van der Waals surface area contributed by atoms with Gasteiger partial charge in [0.1, 0.15) is 0 Å². The Morgan fingerprint density at radius 3 is 2.83 bits per heavy atom. The highest BCUT2D eigenvalue weighted by Gasteiger charge is 2.14. The van der Waals surface area contributed by atoms with Crippen LogP contribution in [-0.2, 0) is 4.74 Å². The van der Waals surface area contributed by atoms with Gasteiger partial charge in [-0.2, -0.15) is 0 Å². The Bertz CT molecular complexity index is 409. The summed E-state index contributed by atoms with van der Waals surface area (Å²) >= 11 is 1.59. The van der Waals surface area contributed by atoms with Crippen LogP contribution in [0.5, 0.6) is 0 Å². The molecule has 0 aromatic heterocycles. The highest BCUT2D eigenvalue weighted by Crippen LogP contribution is 2.19. The van der Waals surface area contributed by atoms with Crippen LogP contribution >= 0.6 is 11.8 Å². The number of benzene rings is 1. The third kappa shape index (κ3) is 4.01. The first kappa shape index (κ1) is 15.0. The average molecular weight is 269 g/mol. The Balaban J connectivity index is 2.82. The van der Waals surface area contributed by atoms with Crippen molar-refractivity contribution in [3.8, 4) is 0 Å². The molecule has 0 aliphatic rings. The number of carbonyl (C=O) groups is 1. The highest BCUT2D eigenvalue weighted by molar-refractivity contribution is 7.98. The summed E-state index contributed by atoms with van der Waals surface area (Å²) in [4.78, 5) is 13.1. The predicted octanol–water partition coefficient (Wildman–Crippen LogP) is 1.45. The number of rotatable bonds is 6. The molecule has 0 saturated heterocycles. The Hall–Kier alpha value is -1.04. The minimum absolute atomic E-state index is 0.138. The molecule has 1 rings (SSSR count). The molecule has 1 unspecified atom stereocenters. The second kappa shape index (κ2) is 7.41. The molecule has 1 aromatic rings. The van der Waals surface area contributed by atoms with Gasteiger partial charge in [0.2, 0.25) is 0 Å². The second-order valence-electron chi connectivity index (χ2n) is 3.99. The van der Waals surface area contributed by atoms with Crippen LogP contribution in [0.2, 0.25) is 0 Å². The number of hydrogen-bond acceptors (Lipinski definition) is 4. The number of aliphatic hydroxyl groups excluding tert-OH is 1. The van der Waals surface area contributed by atoms with E-state index in [2.05, 4.69) is 5.32 Å². The Kier molecular flexibility index (Phi) is 6.18. The molecule has 1 aromatic carbocycles. The van der Waals surface area contributed by atoms with Gasteiger partial charge in [-0.05, 0) is 30.9 Å². The van der Waals surface area contributed by atoms with Crippen molar-refractivity contribution in [2.24, 2.45) is 0 Å². The van der Waals surface area contributed by atoms with E-state index in [0.29, 0.717) is 12.2 Å². The van der Waals surface area contributed by atoms with Gasteiger partial charge in [-0.3, -0.25) is 4.79 Å². The topological polar surface area (TPSA) is 58.6 Å². The van der Waals surface area contributed by atoms with Crippen molar-refractivity contribution in [1.29, 1.82) is 0 Å². The van der Waals surface area contributed by atoms with E-state index in [1.54, 1.807) is 11.8 Å². The Morgan fingerprint density at radius 2 is 2.28 bits per heavy atom.